The average Bonchev–Trinajstić information content (AvgIpc) is 3.26. The second-order valence-corrected chi connectivity index (χ2v) is 9.65. The monoisotopic (exact) mass is 467 g/mol. The molecule has 0 saturated carbocycles. The van der Waals surface area contributed by atoms with E-state index < -0.39 is 31.8 Å². The minimum Gasteiger partial charge on any atom is -0.613 e. The van der Waals surface area contributed by atoms with Crippen molar-refractivity contribution in [1.29, 1.82) is 0 Å². The van der Waals surface area contributed by atoms with Gasteiger partial charge in [0.05, 0.1) is 5.56 Å². The molecule has 0 spiro atoms. The first kappa shape index (κ1) is 22.8. The number of H-pyrrole nitrogens is 1. The number of pyridine rings is 1. The number of carbonyl (C=O) groups excluding carboxylic acids is 1. The number of aromatic nitrogens is 2. The van der Waals surface area contributed by atoms with Gasteiger partial charge in [-0.15, -0.1) is 0 Å². The highest BCUT2D eigenvalue weighted by atomic mass is 32.2. The molecule has 0 bridgehead atoms. The molecule has 2 aromatic heterocycles. The number of ketones is 1. The SMILES string of the molecule is CCCCS(=O)(=O)[NH+]([O-])c1cccc(C(=O)c2c[nH]c3ncc(-c4ccccc4)cc23)c1F. The summed E-state index contributed by atoms with van der Waals surface area (Å²) in [4.78, 5) is 20.5. The van der Waals surface area contributed by atoms with Crippen LogP contribution in [0, 0.1) is 11.0 Å². The van der Waals surface area contributed by atoms with Crippen LogP contribution in [0.25, 0.3) is 22.2 Å². The summed E-state index contributed by atoms with van der Waals surface area (Å²) in [6, 6.07) is 14.9. The van der Waals surface area contributed by atoms with Gasteiger partial charge in [0.15, 0.2) is 17.3 Å². The number of nitrogens with one attached hydrogen (secondary N) is 2. The zero-order chi connectivity index (χ0) is 23.6. The average molecular weight is 468 g/mol. The largest absolute Gasteiger partial charge is 0.613 e. The van der Waals surface area contributed by atoms with Crippen molar-refractivity contribution >= 4 is 32.5 Å². The van der Waals surface area contributed by atoms with Gasteiger partial charge in [0.25, 0.3) is 10.0 Å². The molecule has 0 aliphatic heterocycles. The number of rotatable bonds is 8. The van der Waals surface area contributed by atoms with E-state index in [2.05, 4.69) is 9.97 Å². The van der Waals surface area contributed by atoms with Crippen LogP contribution >= 0.6 is 0 Å². The molecular formula is C24H22FN3O4S. The standard InChI is InChI=1S/C24H22FN3O4S/c1-2-3-12-33(31,32)28(30)21-11-7-10-18(22(21)25)23(29)20-15-27-24-19(20)13-17(14-26-24)16-8-5-4-6-9-16/h4-11,13-15,28H,2-3,12H2,1H3,(H,26,27). The van der Waals surface area contributed by atoms with E-state index in [1.807, 2.05) is 30.3 Å². The third-order valence-corrected chi connectivity index (χ3v) is 7.01. The van der Waals surface area contributed by atoms with Gasteiger partial charge in [0, 0.05) is 35.0 Å². The molecular weight excluding hydrogens is 445 g/mol. The fourth-order valence-corrected chi connectivity index (χ4v) is 4.93. The molecule has 0 aliphatic carbocycles. The summed E-state index contributed by atoms with van der Waals surface area (Å²) in [5, 5.41) is 13.0. The Morgan fingerprint density at radius 1 is 1.09 bits per heavy atom. The lowest BCUT2D eigenvalue weighted by Crippen LogP contribution is -3.05. The van der Waals surface area contributed by atoms with Crippen molar-refractivity contribution in [2.75, 3.05) is 5.75 Å². The summed E-state index contributed by atoms with van der Waals surface area (Å²) in [6.07, 6.45) is 3.97. The first-order valence-corrected chi connectivity index (χ1v) is 12.1. The molecule has 4 aromatic rings. The van der Waals surface area contributed by atoms with Gasteiger partial charge in [-0.2, -0.15) is 12.8 Å². The van der Waals surface area contributed by atoms with Gasteiger partial charge >= 0.3 is 0 Å². The van der Waals surface area contributed by atoms with Crippen molar-refractivity contribution in [2.24, 2.45) is 0 Å². The third kappa shape index (κ3) is 4.43. The number of hydrogen-bond acceptors (Lipinski definition) is 5. The smallest absolute Gasteiger partial charge is 0.300 e. The zero-order valence-electron chi connectivity index (χ0n) is 17.8. The molecule has 0 fully saturated rings. The number of hydrogen-bond donors (Lipinski definition) is 2. The van der Waals surface area contributed by atoms with Gasteiger partial charge in [0.1, 0.15) is 11.4 Å². The number of fused-ring (bicyclic) bond motifs is 1. The third-order valence-electron chi connectivity index (χ3n) is 5.40. The Bertz CT molecular complexity index is 1420. The van der Waals surface area contributed by atoms with Gasteiger partial charge in [-0.3, -0.25) is 4.79 Å². The normalized spacial score (nSPS) is 12.7. The number of unbranched alkanes of at least 4 members (excludes halogenated alkanes) is 1. The van der Waals surface area contributed by atoms with Crippen LogP contribution in [0.15, 0.2) is 67.0 Å². The summed E-state index contributed by atoms with van der Waals surface area (Å²) >= 11 is 0. The summed E-state index contributed by atoms with van der Waals surface area (Å²) in [7, 11) is -4.17. The topological polar surface area (TPSA) is 107 Å². The van der Waals surface area contributed by atoms with Crippen molar-refractivity contribution in [1.82, 2.24) is 9.97 Å². The van der Waals surface area contributed by atoms with Crippen molar-refractivity contribution in [3.05, 3.63) is 89.1 Å². The van der Waals surface area contributed by atoms with Gasteiger partial charge in [-0.25, -0.2) is 9.45 Å². The maximum absolute atomic E-state index is 15.2. The summed E-state index contributed by atoms with van der Waals surface area (Å²) in [5.74, 6) is -2.18. The molecule has 170 valence electrons. The molecule has 7 nitrogen and oxygen atoms in total. The highest BCUT2D eigenvalue weighted by Crippen LogP contribution is 2.27. The number of quaternary nitrogens is 1. The zero-order valence-corrected chi connectivity index (χ0v) is 18.7. The molecule has 2 N–H and O–H groups in total. The van der Waals surface area contributed by atoms with Gasteiger partial charge in [-0.1, -0.05) is 49.7 Å². The first-order chi connectivity index (χ1) is 15.8. The van der Waals surface area contributed by atoms with E-state index in [4.69, 9.17) is 0 Å². The fraction of sp³-hybridized carbons (Fsp3) is 0.167. The van der Waals surface area contributed by atoms with Gasteiger partial charge in [0.2, 0.25) is 0 Å². The molecule has 33 heavy (non-hydrogen) atoms. The van der Waals surface area contributed by atoms with E-state index >= 15 is 4.39 Å². The Labute approximate surface area is 190 Å². The van der Waals surface area contributed by atoms with Crippen LogP contribution in [0.2, 0.25) is 0 Å². The Kier molecular flexibility index (Phi) is 6.37. The molecule has 0 radical (unpaired) electrons. The first-order valence-electron chi connectivity index (χ1n) is 10.5. The Morgan fingerprint density at radius 3 is 2.58 bits per heavy atom. The van der Waals surface area contributed by atoms with E-state index in [1.165, 1.54) is 18.3 Å². The second-order valence-electron chi connectivity index (χ2n) is 7.64. The maximum atomic E-state index is 15.2. The van der Waals surface area contributed by atoms with Crippen molar-refractivity contribution in [2.45, 2.75) is 19.8 Å². The molecule has 1 atom stereocenters. The number of sulfonamides is 1. The number of nitrogens with zero attached hydrogens (tertiary/aromatic N) is 1. The highest BCUT2D eigenvalue weighted by molar-refractivity contribution is 7.85. The Balaban J connectivity index is 1.74. The molecule has 9 heteroatoms. The van der Waals surface area contributed by atoms with Crippen LogP contribution in [-0.2, 0) is 10.0 Å². The quantitative estimate of drug-likeness (QED) is 0.303. The van der Waals surface area contributed by atoms with Crippen molar-refractivity contribution in [3.8, 4) is 11.1 Å². The van der Waals surface area contributed by atoms with Crippen LogP contribution in [0.1, 0.15) is 35.7 Å². The van der Waals surface area contributed by atoms with E-state index in [0.29, 0.717) is 23.9 Å². The number of benzene rings is 2. The Hall–Kier alpha value is -3.40. The lowest BCUT2D eigenvalue weighted by atomic mass is 10.0. The molecule has 0 saturated heterocycles. The second kappa shape index (κ2) is 9.22. The molecule has 0 amide bonds. The van der Waals surface area contributed by atoms with E-state index in [-0.39, 0.29) is 16.9 Å². The predicted octanol–water partition coefficient (Wildman–Crippen LogP) is 3.74. The molecule has 2 heterocycles. The van der Waals surface area contributed by atoms with Crippen LogP contribution in [-0.4, -0.2) is 29.9 Å². The highest BCUT2D eigenvalue weighted by Gasteiger charge is 2.27. The maximum Gasteiger partial charge on any atom is 0.300 e. The van der Waals surface area contributed by atoms with Crippen molar-refractivity contribution in [3.63, 3.8) is 0 Å². The van der Waals surface area contributed by atoms with Crippen LogP contribution in [0.4, 0.5) is 10.1 Å². The molecule has 2 aromatic carbocycles. The predicted molar refractivity (Wildman–Crippen MR) is 124 cm³/mol. The van der Waals surface area contributed by atoms with E-state index in [9.17, 15) is 18.4 Å². The minimum absolute atomic E-state index is 0.174. The number of carbonyl (C=O) groups is 1. The number of halogens is 1. The lowest BCUT2D eigenvalue weighted by molar-refractivity contribution is -0.626. The van der Waals surface area contributed by atoms with Gasteiger partial charge in [-0.05, 0) is 24.1 Å². The molecule has 4 rings (SSSR count). The van der Waals surface area contributed by atoms with Crippen LogP contribution in [0.5, 0.6) is 0 Å². The summed E-state index contributed by atoms with van der Waals surface area (Å²) in [6.45, 7) is 1.79. The van der Waals surface area contributed by atoms with Gasteiger partial charge < -0.3 is 10.2 Å². The fourth-order valence-electron chi connectivity index (χ4n) is 3.58. The molecule has 1 unspecified atom stereocenters. The summed E-state index contributed by atoms with van der Waals surface area (Å²) < 4.78 is 38.5. The van der Waals surface area contributed by atoms with Crippen LogP contribution in [0.3, 0.4) is 0 Å². The number of aromatic amines is 1. The molecule has 0 aliphatic rings. The van der Waals surface area contributed by atoms with Crippen molar-refractivity contribution < 1.29 is 22.1 Å². The Morgan fingerprint density at radius 2 is 1.85 bits per heavy atom. The van der Waals surface area contributed by atoms with E-state index in [1.54, 1.807) is 19.2 Å². The summed E-state index contributed by atoms with van der Waals surface area (Å²) in [5.41, 5.74) is 1.31. The van der Waals surface area contributed by atoms with E-state index in [0.717, 1.165) is 17.2 Å². The lowest BCUT2D eigenvalue weighted by Gasteiger charge is -2.21. The minimum atomic E-state index is -4.17. The van der Waals surface area contributed by atoms with Crippen LogP contribution < -0.4 is 4.47 Å².